The van der Waals surface area contributed by atoms with Gasteiger partial charge in [0, 0.05) is 7.11 Å². The minimum Gasteiger partial charge on any atom is -0.463 e. The van der Waals surface area contributed by atoms with E-state index in [1.54, 1.807) is 0 Å². The molecule has 3 saturated carbocycles. The van der Waals surface area contributed by atoms with Crippen molar-refractivity contribution >= 4 is 11.9 Å². The van der Waals surface area contributed by atoms with Gasteiger partial charge in [-0.25, -0.2) is 0 Å². The predicted molar refractivity (Wildman–Crippen MR) is 148 cm³/mol. The lowest BCUT2D eigenvalue weighted by molar-refractivity contribution is -0.159. The topological polar surface area (TPSA) is 112 Å². The Morgan fingerprint density at radius 1 is 0.692 bits per heavy atom. The molecule has 0 aromatic carbocycles. The highest BCUT2D eigenvalue weighted by molar-refractivity contribution is 5.75. The third-order valence-electron chi connectivity index (χ3n) is 9.91. The van der Waals surface area contributed by atoms with Gasteiger partial charge in [-0.15, -0.1) is 0 Å². The van der Waals surface area contributed by atoms with Crippen molar-refractivity contribution < 1.29 is 38.7 Å². The van der Waals surface area contributed by atoms with Crippen molar-refractivity contribution in [3.05, 3.63) is 0 Å². The van der Waals surface area contributed by atoms with Crippen molar-refractivity contribution in [3.8, 4) is 0 Å². The molecule has 2 atom stereocenters. The number of hydrogen-bond donors (Lipinski definition) is 2. The van der Waals surface area contributed by atoms with Crippen LogP contribution >= 0.6 is 0 Å². The van der Waals surface area contributed by atoms with Gasteiger partial charge in [-0.1, -0.05) is 33.6 Å². The Kier molecular flexibility index (Phi) is 13.0. The summed E-state index contributed by atoms with van der Waals surface area (Å²) in [5.74, 6) is 1.24. The number of ether oxygens (including phenoxy) is 4. The molecule has 2 N–H and O–H groups in total. The van der Waals surface area contributed by atoms with Crippen molar-refractivity contribution in [3.63, 3.8) is 0 Å². The molecule has 39 heavy (non-hydrogen) atoms. The molecule has 3 fully saturated rings. The first kappa shape index (κ1) is 32.3. The molecule has 8 heteroatoms. The van der Waals surface area contributed by atoms with Gasteiger partial charge in [-0.05, 0) is 87.4 Å². The summed E-state index contributed by atoms with van der Waals surface area (Å²) < 4.78 is 21.4. The van der Waals surface area contributed by atoms with E-state index in [2.05, 4.69) is 20.8 Å². The molecular formula is C31H54O8. The summed E-state index contributed by atoms with van der Waals surface area (Å²) in [6.07, 6.45) is 10.6. The average Bonchev–Trinajstić information content (AvgIpc) is 2.94. The van der Waals surface area contributed by atoms with E-state index in [0.29, 0.717) is 31.1 Å². The summed E-state index contributed by atoms with van der Waals surface area (Å²) in [5, 5.41) is 20.0. The molecule has 0 amide bonds. The SMILES string of the molecule is COCC(O)COC(=O)C1CCC(C(=O)OCC(O)COC2CCC(C(C)(C)C3CCC(C)CC3)CC2)CC1. The summed E-state index contributed by atoms with van der Waals surface area (Å²) in [6, 6.07) is 0. The Morgan fingerprint density at radius 2 is 1.13 bits per heavy atom. The van der Waals surface area contributed by atoms with Crippen LogP contribution in [0.2, 0.25) is 0 Å². The molecule has 0 aromatic rings. The molecule has 0 spiro atoms. The van der Waals surface area contributed by atoms with Crippen LogP contribution in [-0.2, 0) is 28.5 Å². The number of aliphatic hydroxyl groups is 2. The zero-order valence-corrected chi connectivity index (χ0v) is 24.8. The van der Waals surface area contributed by atoms with E-state index in [0.717, 1.165) is 30.6 Å². The van der Waals surface area contributed by atoms with Crippen LogP contribution in [0.15, 0.2) is 0 Å². The van der Waals surface area contributed by atoms with Crippen LogP contribution in [0.1, 0.15) is 97.8 Å². The largest absolute Gasteiger partial charge is 0.463 e. The second-order valence-corrected chi connectivity index (χ2v) is 13.2. The second kappa shape index (κ2) is 15.7. The molecular weight excluding hydrogens is 500 g/mol. The van der Waals surface area contributed by atoms with Crippen LogP contribution in [0, 0.1) is 35.0 Å². The first-order chi connectivity index (χ1) is 18.6. The van der Waals surface area contributed by atoms with E-state index >= 15 is 0 Å². The molecule has 0 heterocycles. The molecule has 0 aromatic heterocycles. The Morgan fingerprint density at radius 3 is 1.59 bits per heavy atom. The average molecular weight is 555 g/mol. The lowest BCUT2D eigenvalue weighted by Gasteiger charge is -2.46. The van der Waals surface area contributed by atoms with E-state index in [1.807, 2.05) is 0 Å². The first-order valence-corrected chi connectivity index (χ1v) is 15.4. The Balaban J connectivity index is 1.27. The maximum absolute atomic E-state index is 12.5. The minimum atomic E-state index is -0.836. The number of methoxy groups -OCH3 is 1. The van der Waals surface area contributed by atoms with Crippen molar-refractivity contribution in [1.29, 1.82) is 0 Å². The lowest BCUT2D eigenvalue weighted by atomic mass is 9.60. The summed E-state index contributed by atoms with van der Waals surface area (Å²) in [4.78, 5) is 24.7. The number of rotatable bonds is 13. The van der Waals surface area contributed by atoms with Gasteiger partial charge in [0.1, 0.15) is 25.4 Å². The number of carbonyl (C=O) groups excluding carboxylic acids is 2. The van der Waals surface area contributed by atoms with Gasteiger partial charge in [0.25, 0.3) is 0 Å². The summed E-state index contributed by atoms with van der Waals surface area (Å²) in [6.45, 7) is 7.47. The maximum atomic E-state index is 12.5. The van der Waals surface area contributed by atoms with Gasteiger partial charge >= 0.3 is 11.9 Å². The molecule has 226 valence electrons. The maximum Gasteiger partial charge on any atom is 0.309 e. The van der Waals surface area contributed by atoms with Crippen molar-refractivity contribution in [2.24, 2.45) is 35.0 Å². The zero-order valence-electron chi connectivity index (χ0n) is 24.8. The first-order valence-electron chi connectivity index (χ1n) is 15.4. The molecule has 0 bridgehead atoms. The van der Waals surface area contributed by atoms with Gasteiger partial charge < -0.3 is 29.2 Å². The summed E-state index contributed by atoms with van der Waals surface area (Å²) in [7, 11) is 1.47. The van der Waals surface area contributed by atoms with Crippen LogP contribution in [0.25, 0.3) is 0 Å². The number of aliphatic hydroxyl groups excluding tert-OH is 2. The Labute approximate surface area is 235 Å². The highest BCUT2D eigenvalue weighted by Crippen LogP contribution is 2.49. The number of hydrogen-bond acceptors (Lipinski definition) is 8. The third-order valence-corrected chi connectivity index (χ3v) is 9.91. The normalized spacial score (nSPS) is 31.7. The summed E-state index contributed by atoms with van der Waals surface area (Å²) >= 11 is 0. The summed E-state index contributed by atoms with van der Waals surface area (Å²) in [5.41, 5.74) is 0.380. The van der Waals surface area contributed by atoms with Crippen LogP contribution in [0.4, 0.5) is 0 Å². The molecule has 8 nitrogen and oxygen atoms in total. The number of esters is 2. The smallest absolute Gasteiger partial charge is 0.309 e. The molecule has 3 aliphatic rings. The highest BCUT2D eigenvalue weighted by atomic mass is 16.6. The van der Waals surface area contributed by atoms with Crippen molar-refractivity contribution in [2.75, 3.05) is 33.5 Å². The molecule has 0 radical (unpaired) electrons. The van der Waals surface area contributed by atoms with Crippen LogP contribution in [-0.4, -0.2) is 74.0 Å². The molecule has 0 aliphatic heterocycles. The van der Waals surface area contributed by atoms with Crippen LogP contribution in [0.5, 0.6) is 0 Å². The molecule has 2 unspecified atom stereocenters. The Hall–Kier alpha value is -1.22. The van der Waals surface area contributed by atoms with E-state index in [9.17, 15) is 19.8 Å². The van der Waals surface area contributed by atoms with Crippen LogP contribution in [0.3, 0.4) is 0 Å². The minimum absolute atomic E-state index is 0.0688. The second-order valence-electron chi connectivity index (χ2n) is 13.2. The monoisotopic (exact) mass is 554 g/mol. The molecule has 0 saturated heterocycles. The highest BCUT2D eigenvalue weighted by Gasteiger charge is 2.40. The van der Waals surface area contributed by atoms with Gasteiger partial charge in [-0.2, -0.15) is 0 Å². The van der Waals surface area contributed by atoms with E-state index in [4.69, 9.17) is 18.9 Å². The Bertz CT molecular complexity index is 731. The fourth-order valence-electron chi connectivity index (χ4n) is 7.00. The predicted octanol–water partition coefficient (Wildman–Crippen LogP) is 4.68. The van der Waals surface area contributed by atoms with E-state index in [-0.39, 0.29) is 56.3 Å². The van der Waals surface area contributed by atoms with Crippen LogP contribution < -0.4 is 0 Å². The fraction of sp³-hybridized carbons (Fsp3) is 0.935. The zero-order chi connectivity index (χ0) is 28.4. The van der Waals surface area contributed by atoms with E-state index in [1.165, 1.54) is 45.6 Å². The van der Waals surface area contributed by atoms with Gasteiger partial charge in [0.05, 0.1) is 31.2 Å². The van der Waals surface area contributed by atoms with Gasteiger partial charge in [-0.3, -0.25) is 9.59 Å². The lowest BCUT2D eigenvalue weighted by Crippen LogP contribution is -2.38. The third kappa shape index (κ3) is 9.98. The van der Waals surface area contributed by atoms with Gasteiger partial charge in [0.2, 0.25) is 0 Å². The molecule has 3 aliphatic carbocycles. The fourth-order valence-corrected chi connectivity index (χ4v) is 7.00. The van der Waals surface area contributed by atoms with E-state index < -0.39 is 12.2 Å². The van der Waals surface area contributed by atoms with Gasteiger partial charge in [0.15, 0.2) is 0 Å². The van der Waals surface area contributed by atoms with Crippen molar-refractivity contribution in [2.45, 2.75) is 116 Å². The molecule has 3 rings (SSSR count). The van der Waals surface area contributed by atoms with Crippen molar-refractivity contribution in [1.82, 2.24) is 0 Å². The quantitative estimate of drug-likeness (QED) is 0.316. The standard InChI is InChI=1S/C31H54O8/c1-21-5-11-24(12-6-21)31(2,3)25-13-15-28(16-14-25)37-18-27(33)20-39-30(35)23-9-7-22(8-10-23)29(34)38-19-26(32)17-36-4/h21-28,32-33H,5-20H2,1-4H3. The number of carbonyl (C=O) groups is 2.